The molecule has 2 rings (SSSR count). The molecule has 0 fully saturated rings. The molecule has 14 heavy (non-hydrogen) atoms. The Morgan fingerprint density at radius 2 is 2.29 bits per heavy atom. The molecule has 0 aliphatic carbocycles. The number of halogens is 1. The van der Waals surface area contributed by atoms with Crippen LogP contribution in [0.1, 0.15) is 18.1 Å². The molecule has 0 saturated heterocycles. The van der Waals surface area contributed by atoms with Crippen LogP contribution in [0.5, 0.6) is 0 Å². The van der Waals surface area contributed by atoms with Gasteiger partial charge in [-0.2, -0.15) is 0 Å². The van der Waals surface area contributed by atoms with Gasteiger partial charge in [0, 0.05) is 24.1 Å². The summed E-state index contributed by atoms with van der Waals surface area (Å²) in [6.07, 6.45) is 2.36. The Bertz CT molecular complexity index is 322. The van der Waals surface area contributed by atoms with E-state index in [9.17, 15) is 0 Å². The second-order valence-corrected chi connectivity index (χ2v) is 4.52. The fraction of sp³-hybridized carbons (Fsp3) is 0.500. The first kappa shape index (κ1) is 10.0. The van der Waals surface area contributed by atoms with E-state index in [4.69, 9.17) is 0 Å². The second-order valence-electron chi connectivity index (χ2n) is 3.73. The zero-order valence-electron chi connectivity index (χ0n) is 8.59. The van der Waals surface area contributed by atoms with E-state index in [2.05, 4.69) is 46.0 Å². The Balaban J connectivity index is 2.25. The highest BCUT2D eigenvalue weighted by atomic mass is 79.9. The Morgan fingerprint density at radius 1 is 1.43 bits per heavy atom. The third kappa shape index (κ3) is 1.81. The normalized spacial score (nSPS) is 14.6. The van der Waals surface area contributed by atoms with Crippen LogP contribution in [0.4, 0.5) is 5.69 Å². The number of hydrogen-bond acceptors (Lipinski definition) is 1. The van der Waals surface area contributed by atoms with Crippen molar-refractivity contribution in [3.63, 3.8) is 0 Å². The highest BCUT2D eigenvalue weighted by Gasteiger charge is 2.16. The number of hydrogen-bond donors (Lipinski definition) is 0. The summed E-state index contributed by atoms with van der Waals surface area (Å²) in [5.74, 6) is 0. The average Bonchev–Trinajstić information content (AvgIpc) is 2.60. The number of benzene rings is 1. The van der Waals surface area contributed by atoms with Gasteiger partial charge in [-0.3, -0.25) is 0 Å². The molecule has 76 valence electrons. The number of alkyl halides is 1. The standard InChI is InChI=1S/C12H16BrN/c1-2-14-8-6-11-9-10(5-7-13)3-4-12(11)14/h3-4,9H,2,5-8H2,1H3. The van der Waals surface area contributed by atoms with Crippen molar-refractivity contribution in [1.29, 1.82) is 0 Å². The van der Waals surface area contributed by atoms with Crippen molar-refractivity contribution >= 4 is 21.6 Å². The lowest BCUT2D eigenvalue weighted by Crippen LogP contribution is -2.18. The van der Waals surface area contributed by atoms with Crippen molar-refractivity contribution in [1.82, 2.24) is 0 Å². The first-order chi connectivity index (χ1) is 6.85. The highest BCUT2D eigenvalue weighted by Crippen LogP contribution is 2.28. The minimum absolute atomic E-state index is 1.06. The minimum atomic E-state index is 1.06. The molecule has 0 atom stereocenters. The van der Waals surface area contributed by atoms with E-state index in [0.29, 0.717) is 0 Å². The largest absolute Gasteiger partial charge is 0.371 e. The molecular formula is C12H16BrN. The molecule has 1 aliphatic rings. The maximum absolute atomic E-state index is 3.48. The van der Waals surface area contributed by atoms with Gasteiger partial charge < -0.3 is 4.90 Å². The van der Waals surface area contributed by atoms with Gasteiger partial charge in [0.1, 0.15) is 0 Å². The van der Waals surface area contributed by atoms with E-state index < -0.39 is 0 Å². The van der Waals surface area contributed by atoms with Crippen LogP contribution in [-0.2, 0) is 12.8 Å². The van der Waals surface area contributed by atoms with Crippen molar-refractivity contribution in [3.05, 3.63) is 29.3 Å². The predicted octanol–water partition coefficient (Wildman–Crippen LogP) is 3.01. The average molecular weight is 254 g/mol. The Labute approximate surface area is 94.2 Å². The van der Waals surface area contributed by atoms with E-state index in [1.165, 1.54) is 29.8 Å². The molecule has 1 heterocycles. The summed E-state index contributed by atoms with van der Waals surface area (Å²) in [7, 11) is 0. The molecular weight excluding hydrogens is 238 g/mol. The summed E-state index contributed by atoms with van der Waals surface area (Å²) in [4.78, 5) is 2.45. The molecule has 0 radical (unpaired) electrons. The first-order valence-electron chi connectivity index (χ1n) is 5.28. The van der Waals surface area contributed by atoms with Crippen LogP contribution in [0.15, 0.2) is 18.2 Å². The molecule has 0 spiro atoms. The number of nitrogens with zero attached hydrogens (tertiary/aromatic N) is 1. The number of fused-ring (bicyclic) bond motifs is 1. The van der Waals surface area contributed by atoms with E-state index in [0.717, 1.165) is 18.3 Å². The first-order valence-corrected chi connectivity index (χ1v) is 6.40. The summed E-state index contributed by atoms with van der Waals surface area (Å²) < 4.78 is 0. The fourth-order valence-corrected chi connectivity index (χ4v) is 2.57. The maximum Gasteiger partial charge on any atom is 0.0399 e. The van der Waals surface area contributed by atoms with Crippen LogP contribution in [0.2, 0.25) is 0 Å². The molecule has 0 saturated carbocycles. The lowest BCUT2D eigenvalue weighted by Gasteiger charge is -2.16. The third-order valence-corrected chi connectivity index (χ3v) is 3.30. The van der Waals surface area contributed by atoms with Crippen molar-refractivity contribution in [3.8, 4) is 0 Å². The molecule has 0 aromatic heterocycles. The quantitative estimate of drug-likeness (QED) is 0.749. The molecule has 0 N–H and O–H groups in total. The number of likely N-dealkylation sites (N-methyl/N-ethyl adjacent to an activating group) is 1. The molecule has 1 aromatic carbocycles. The molecule has 0 unspecified atom stereocenters. The Kier molecular flexibility index (Phi) is 3.12. The maximum atomic E-state index is 3.48. The van der Waals surface area contributed by atoms with Crippen LogP contribution in [0.3, 0.4) is 0 Å². The second kappa shape index (κ2) is 4.35. The smallest absolute Gasteiger partial charge is 0.0399 e. The van der Waals surface area contributed by atoms with Gasteiger partial charge in [-0.25, -0.2) is 0 Å². The van der Waals surface area contributed by atoms with Crippen molar-refractivity contribution in [2.75, 3.05) is 23.3 Å². The summed E-state index contributed by atoms with van der Waals surface area (Å²) in [5, 5.41) is 1.06. The van der Waals surface area contributed by atoms with E-state index in [1.807, 2.05) is 0 Å². The summed E-state index contributed by atoms with van der Waals surface area (Å²) in [6, 6.07) is 6.91. The van der Waals surface area contributed by atoms with Crippen LogP contribution in [0, 0.1) is 0 Å². The summed E-state index contributed by atoms with van der Waals surface area (Å²) in [6.45, 7) is 4.55. The topological polar surface area (TPSA) is 3.24 Å². The summed E-state index contributed by atoms with van der Waals surface area (Å²) in [5.41, 5.74) is 4.44. The fourth-order valence-electron chi connectivity index (χ4n) is 2.12. The zero-order chi connectivity index (χ0) is 9.97. The molecule has 1 aromatic rings. The monoisotopic (exact) mass is 253 g/mol. The lowest BCUT2D eigenvalue weighted by molar-refractivity contribution is 0.868. The minimum Gasteiger partial charge on any atom is -0.371 e. The lowest BCUT2D eigenvalue weighted by atomic mass is 10.1. The van der Waals surface area contributed by atoms with Crippen molar-refractivity contribution < 1.29 is 0 Å². The van der Waals surface area contributed by atoms with E-state index in [-0.39, 0.29) is 0 Å². The van der Waals surface area contributed by atoms with E-state index in [1.54, 1.807) is 0 Å². The van der Waals surface area contributed by atoms with Crippen molar-refractivity contribution in [2.24, 2.45) is 0 Å². The predicted molar refractivity (Wildman–Crippen MR) is 65.5 cm³/mol. The molecule has 2 heteroatoms. The summed E-state index contributed by atoms with van der Waals surface area (Å²) >= 11 is 3.48. The number of aryl methyl sites for hydroxylation is 1. The zero-order valence-corrected chi connectivity index (χ0v) is 10.2. The van der Waals surface area contributed by atoms with Gasteiger partial charge in [-0.15, -0.1) is 0 Å². The Morgan fingerprint density at radius 3 is 3.00 bits per heavy atom. The van der Waals surface area contributed by atoms with Gasteiger partial charge in [0.2, 0.25) is 0 Å². The van der Waals surface area contributed by atoms with Gasteiger partial charge in [-0.1, -0.05) is 28.1 Å². The van der Waals surface area contributed by atoms with Crippen LogP contribution < -0.4 is 4.90 Å². The SMILES string of the molecule is CCN1CCc2cc(CCBr)ccc21. The third-order valence-electron chi connectivity index (χ3n) is 2.90. The molecule has 0 amide bonds. The molecule has 1 aliphatic heterocycles. The highest BCUT2D eigenvalue weighted by molar-refractivity contribution is 9.09. The van der Waals surface area contributed by atoms with Gasteiger partial charge in [-0.05, 0) is 37.0 Å². The van der Waals surface area contributed by atoms with Gasteiger partial charge in [0.05, 0.1) is 0 Å². The Hall–Kier alpha value is -0.500. The van der Waals surface area contributed by atoms with Crippen molar-refractivity contribution in [2.45, 2.75) is 19.8 Å². The van der Waals surface area contributed by atoms with Gasteiger partial charge >= 0.3 is 0 Å². The van der Waals surface area contributed by atoms with Crippen LogP contribution in [-0.4, -0.2) is 18.4 Å². The molecule has 1 nitrogen and oxygen atoms in total. The number of rotatable bonds is 3. The number of anilines is 1. The molecule has 0 bridgehead atoms. The van der Waals surface area contributed by atoms with Crippen LogP contribution in [0.25, 0.3) is 0 Å². The van der Waals surface area contributed by atoms with Gasteiger partial charge in [0.25, 0.3) is 0 Å². The van der Waals surface area contributed by atoms with Gasteiger partial charge in [0.15, 0.2) is 0 Å². The van der Waals surface area contributed by atoms with E-state index >= 15 is 0 Å². The van der Waals surface area contributed by atoms with Crippen LogP contribution >= 0.6 is 15.9 Å².